The summed E-state index contributed by atoms with van der Waals surface area (Å²) in [7, 11) is 0. The van der Waals surface area contributed by atoms with Gasteiger partial charge in [-0.1, -0.05) is 24.3 Å². The summed E-state index contributed by atoms with van der Waals surface area (Å²) in [6.07, 6.45) is 3.84. The average Bonchev–Trinajstić information content (AvgIpc) is 2.81. The van der Waals surface area contributed by atoms with E-state index in [2.05, 4.69) is 4.98 Å². The van der Waals surface area contributed by atoms with Crippen LogP contribution in [0.25, 0.3) is 5.65 Å². The number of fused-ring (bicyclic) bond motifs is 1. The Morgan fingerprint density at radius 2 is 1.82 bits per heavy atom. The van der Waals surface area contributed by atoms with Gasteiger partial charge in [-0.3, -0.25) is 0 Å². The number of rotatable bonds is 3. The summed E-state index contributed by atoms with van der Waals surface area (Å²) in [5.74, 6) is 0.874. The molecule has 3 aromatic rings. The van der Waals surface area contributed by atoms with E-state index in [1.807, 2.05) is 65.3 Å². The number of hydrogen-bond donors (Lipinski definition) is 0. The minimum absolute atomic E-state index is 0.523. The Morgan fingerprint density at radius 1 is 1.00 bits per heavy atom. The van der Waals surface area contributed by atoms with Crippen molar-refractivity contribution in [1.29, 1.82) is 0 Å². The fourth-order valence-electron chi connectivity index (χ4n) is 1.77. The number of para-hydroxylation sites is 1. The molecule has 0 aliphatic rings. The van der Waals surface area contributed by atoms with Crippen LogP contribution in [0.1, 0.15) is 5.69 Å². The number of benzene rings is 1. The smallest absolute Gasteiger partial charge is 0.136 e. The first-order valence-corrected chi connectivity index (χ1v) is 5.52. The third kappa shape index (κ3) is 1.99. The van der Waals surface area contributed by atoms with Crippen LogP contribution in [0.3, 0.4) is 0 Å². The van der Waals surface area contributed by atoms with Gasteiger partial charge in [0.1, 0.15) is 18.0 Å². The summed E-state index contributed by atoms with van der Waals surface area (Å²) < 4.78 is 7.73. The van der Waals surface area contributed by atoms with Gasteiger partial charge < -0.3 is 9.14 Å². The molecule has 0 saturated carbocycles. The van der Waals surface area contributed by atoms with E-state index in [0.717, 1.165) is 17.1 Å². The van der Waals surface area contributed by atoms with Crippen LogP contribution in [0.15, 0.2) is 60.9 Å². The van der Waals surface area contributed by atoms with Crippen LogP contribution in [0, 0.1) is 0 Å². The maximum Gasteiger partial charge on any atom is 0.136 e. The highest BCUT2D eigenvalue weighted by molar-refractivity contribution is 5.39. The Morgan fingerprint density at radius 3 is 2.71 bits per heavy atom. The predicted octanol–water partition coefficient (Wildman–Crippen LogP) is 2.91. The summed E-state index contributed by atoms with van der Waals surface area (Å²) in [6.45, 7) is 0.523. The lowest BCUT2D eigenvalue weighted by Gasteiger charge is -2.05. The third-order valence-electron chi connectivity index (χ3n) is 2.62. The molecule has 0 saturated heterocycles. The van der Waals surface area contributed by atoms with E-state index in [-0.39, 0.29) is 0 Å². The summed E-state index contributed by atoms with van der Waals surface area (Å²) >= 11 is 0. The summed E-state index contributed by atoms with van der Waals surface area (Å²) in [5.41, 5.74) is 1.99. The lowest BCUT2D eigenvalue weighted by molar-refractivity contribution is 0.300. The summed E-state index contributed by atoms with van der Waals surface area (Å²) in [6, 6.07) is 15.7. The fourth-order valence-corrected chi connectivity index (χ4v) is 1.77. The quantitative estimate of drug-likeness (QED) is 0.683. The lowest BCUT2D eigenvalue weighted by Crippen LogP contribution is -1.98. The van der Waals surface area contributed by atoms with E-state index < -0.39 is 0 Å². The standard InChI is InChI=1S/C14H12N2O/c1-2-6-13(7-3-1)17-11-12-10-15-14-8-4-5-9-16(12)14/h1-10H,11H2. The van der Waals surface area contributed by atoms with Crippen molar-refractivity contribution in [3.63, 3.8) is 0 Å². The second-order valence-corrected chi connectivity index (χ2v) is 3.78. The van der Waals surface area contributed by atoms with E-state index in [1.54, 1.807) is 0 Å². The van der Waals surface area contributed by atoms with Crippen LogP contribution in [0.5, 0.6) is 5.75 Å². The monoisotopic (exact) mass is 224 g/mol. The van der Waals surface area contributed by atoms with Crippen LogP contribution in [-0.2, 0) is 6.61 Å². The van der Waals surface area contributed by atoms with Crippen molar-refractivity contribution < 1.29 is 4.74 Å². The van der Waals surface area contributed by atoms with Crippen LogP contribution in [0.2, 0.25) is 0 Å². The molecule has 3 heteroatoms. The molecule has 3 rings (SSSR count). The van der Waals surface area contributed by atoms with Gasteiger partial charge >= 0.3 is 0 Å². The van der Waals surface area contributed by atoms with Gasteiger partial charge in [0.2, 0.25) is 0 Å². The fraction of sp³-hybridized carbons (Fsp3) is 0.0714. The zero-order valence-electron chi connectivity index (χ0n) is 9.28. The minimum Gasteiger partial charge on any atom is -0.487 e. The predicted molar refractivity (Wildman–Crippen MR) is 66.0 cm³/mol. The molecule has 0 fully saturated rings. The van der Waals surface area contributed by atoms with Crippen LogP contribution in [-0.4, -0.2) is 9.38 Å². The maximum atomic E-state index is 5.70. The highest BCUT2D eigenvalue weighted by Crippen LogP contribution is 2.12. The minimum atomic E-state index is 0.523. The largest absolute Gasteiger partial charge is 0.487 e. The van der Waals surface area contributed by atoms with Crippen LogP contribution < -0.4 is 4.74 Å². The van der Waals surface area contributed by atoms with Crippen molar-refractivity contribution >= 4 is 5.65 Å². The molecule has 2 heterocycles. The zero-order valence-corrected chi connectivity index (χ0v) is 9.28. The van der Waals surface area contributed by atoms with Gasteiger partial charge in [0.25, 0.3) is 0 Å². The van der Waals surface area contributed by atoms with Gasteiger partial charge in [0.15, 0.2) is 0 Å². The zero-order chi connectivity index (χ0) is 11.5. The molecule has 3 nitrogen and oxygen atoms in total. The van der Waals surface area contributed by atoms with Crippen LogP contribution >= 0.6 is 0 Å². The van der Waals surface area contributed by atoms with Gasteiger partial charge in [0.05, 0.1) is 11.9 Å². The molecule has 17 heavy (non-hydrogen) atoms. The number of imidazole rings is 1. The Bertz CT molecular complexity index is 616. The highest BCUT2D eigenvalue weighted by atomic mass is 16.5. The number of nitrogens with zero attached hydrogens (tertiary/aromatic N) is 2. The molecule has 0 spiro atoms. The SMILES string of the molecule is c1ccc(OCc2cnc3ccccn23)cc1. The third-order valence-corrected chi connectivity index (χ3v) is 2.62. The molecule has 0 aliphatic carbocycles. The molecule has 0 aliphatic heterocycles. The van der Waals surface area contributed by atoms with E-state index in [0.29, 0.717) is 6.61 Å². The molecule has 0 radical (unpaired) electrons. The average molecular weight is 224 g/mol. The number of hydrogen-bond acceptors (Lipinski definition) is 2. The van der Waals surface area contributed by atoms with Crippen molar-refractivity contribution in [2.45, 2.75) is 6.61 Å². The Kier molecular flexibility index (Phi) is 2.50. The summed E-state index contributed by atoms with van der Waals surface area (Å²) in [4.78, 5) is 4.31. The molecule has 0 N–H and O–H groups in total. The molecule has 0 atom stereocenters. The van der Waals surface area contributed by atoms with Crippen molar-refractivity contribution in [2.24, 2.45) is 0 Å². The molecule has 2 aromatic heterocycles. The lowest BCUT2D eigenvalue weighted by atomic mass is 10.3. The number of pyridine rings is 1. The first-order valence-electron chi connectivity index (χ1n) is 5.52. The second-order valence-electron chi connectivity index (χ2n) is 3.78. The van der Waals surface area contributed by atoms with Crippen molar-refractivity contribution in [1.82, 2.24) is 9.38 Å². The Hall–Kier alpha value is -2.29. The first kappa shape index (κ1) is 9.90. The van der Waals surface area contributed by atoms with Gasteiger partial charge in [-0.25, -0.2) is 4.98 Å². The molecular formula is C14H12N2O. The first-order chi connectivity index (χ1) is 8.43. The molecule has 0 bridgehead atoms. The maximum absolute atomic E-state index is 5.70. The topological polar surface area (TPSA) is 26.5 Å². The van der Waals surface area contributed by atoms with E-state index in [1.165, 1.54) is 0 Å². The van der Waals surface area contributed by atoms with Crippen molar-refractivity contribution in [3.05, 3.63) is 66.6 Å². The van der Waals surface area contributed by atoms with Gasteiger partial charge in [-0.15, -0.1) is 0 Å². The molecule has 0 unspecified atom stereocenters. The Labute approximate surface area is 99.3 Å². The Balaban J connectivity index is 1.82. The molecule has 84 valence electrons. The molecular weight excluding hydrogens is 212 g/mol. The number of aromatic nitrogens is 2. The van der Waals surface area contributed by atoms with Gasteiger partial charge in [-0.05, 0) is 24.3 Å². The van der Waals surface area contributed by atoms with Gasteiger partial charge in [0, 0.05) is 6.20 Å². The van der Waals surface area contributed by atoms with E-state index in [4.69, 9.17) is 4.74 Å². The van der Waals surface area contributed by atoms with Gasteiger partial charge in [-0.2, -0.15) is 0 Å². The summed E-state index contributed by atoms with van der Waals surface area (Å²) in [5, 5.41) is 0. The molecule has 0 amide bonds. The van der Waals surface area contributed by atoms with Crippen LogP contribution in [0.4, 0.5) is 0 Å². The van der Waals surface area contributed by atoms with Crippen molar-refractivity contribution in [2.75, 3.05) is 0 Å². The number of ether oxygens (including phenoxy) is 1. The van der Waals surface area contributed by atoms with E-state index >= 15 is 0 Å². The normalized spacial score (nSPS) is 10.6. The van der Waals surface area contributed by atoms with Crippen molar-refractivity contribution in [3.8, 4) is 5.75 Å². The highest BCUT2D eigenvalue weighted by Gasteiger charge is 2.02. The molecule has 1 aromatic carbocycles. The van der Waals surface area contributed by atoms with E-state index in [9.17, 15) is 0 Å². The second kappa shape index (κ2) is 4.29.